The number of H-pyrrole nitrogens is 1. The fourth-order valence-corrected chi connectivity index (χ4v) is 5.37. The molecule has 0 radical (unpaired) electrons. The van der Waals surface area contributed by atoms with Crippen molar-refractivity contribution in [2.75, 3.05) is 36.6 Å². The first-order valence-corrected chi connectivity index (χ1v) is 13.6. The van der Waals surface area contributed by atoms with Crippen molar-refractivity contribution in [3.8, 4) is 11.4 Å². The van der Waals surface area contributed by atoms with Crippen molar-refractivity contribution in [2.45, 2.75) is 44.6 Å². The summed E-state index contributed by atoms with van der Waals surface area (Å²) in [5.74, 6) is -0.0554. The number of aromatic nitrogens is 4. The van der Waals surface area contributed by atoms with E-state index >= 15 is 0 Å². The summed E-state index contributed by atoms with van der Waals surface area (Å²) in [5.41, 5.74) is 9.76. The van der Waals surface area contributed by atoms with Gasteiger partial charge in [-0.2, -0.15) is 5.10 Å². The molecule has 13 heteroatoms. The number of nitrogens with one attached hydrogen (secondary N) is 3. The molecule has 5 N–H and O–H groups in total. The van der Waals surface area contributed by atoms with Crippen molar-refractivity contribution in [1.29, 1.82) is 0 Å². The SMILES string of the molecule is CC1(C)Cc2cnc(N)nc2-c2n[nH]c(C(=O)Nc3ccc(C(=O)N4CCC(NC(=O)OCCCl)CC4)cc3)c21. The van der Waals surface area contributed by atoms with E-state index in [1.807, 2.05) is 13.8 Å². The second-order valence-corrected chi connectivity index (χ2v) is 10.9. The van der Waals surface area contributed by atoms with Crippen molar-refractivity contribution in [1.82, 2.24) is 30.4 Å². The van der Waals surface area contributed by atoms with Gasteiger partial charge < -0.3 is 26.0 Å². The van der Waals surface area contributed by atoms with E-state index in [-0.39, 0.29) is 41.7 Å². The van der Waals surface area contributed by atoms with Crippen LogP contribution in [0.4, 0.5) is 16.4 Å². The predicted octanol–water partition coefficient (Wildman–Crippen LogP) is 3.10. The van der Waals surface area contributed by atoms with Gasteiger partial charge >= 0.3 is 6.09 Å². The number of hydrogen-bond donors (Lipinski definition) is 4. The summed E-state index contributed by atoms with van der Waals surface area (Å²) in [6, 6.07) is 6.72. The van der Waals surface area contributed by atoms with Crippen LogP contribution in [0.2, 0.25) is 0 Å². The van der Waals surface area contributed by atoms with E-state index in [2.05, 4.69) is 30.8 Å². The summed E-state index contributed by atoms with van der Waals surface area (Å²) in [4.78, 5) is 48.3. The van der Waals surface area contributed by atoms with Gasteiger partial charge in [0.05, 0.1) is 11.6 Å². The minimum atomic E-state index is -0.495. The van der Waals surface area contributed by atoms with Gasteiger partial charge in [0, 0.05) is 42.1 Å². The zero-order chi connectivity index (χ0) is 28.4. The Balaban J connectivity index is 1.22. The number of alkyl carbamates (subject to hydrolysis) is 1. The number of nitrogen functional groups attached to an aromatic ring is 1. The van der Waals surface area contributed by atoms with E-state index in [1.54, 1.807) is 35.4 Å². The number of fused-ring (bicyclic) bond motifs is 3. The smallest absolute Gasteiger partial charge is 0.407 e. The van der Waals surface area contributed by atoms with Crippen LogP contribution in [0, 0.1) is 0 Å². The normalized spacial score (nSPS) is 16.0. The van der Waals surface area contributed by atoms with Crippen molar-refractivity contribution in [3.63, 3.8) is 0 Å². The number of halogens is 1. The van der Waals surface area contributed by atoms with Crippen LogP contribution >= 0.6 is 11.6 Å². The number of aromatic amines is 1. The summed E-state index contributed by atoms with van der Waals surface area (Å²) < 4.78 is 4.95. The second-order valence-electron chi connectivity index (χ2n) is 10.6. The van der Waals surface area contributed by atoms with E-state index in [1.165, 1.54) is 0 Å². The Labute approximate surface area is 236 Å². The summed E-state index contributed by atoms with van der Waals surface area (Å²) in [7, 11) is 0. The molecule has 0 atom stereocenters. The number of benzene rings is 1. The fraction of sp³-hybridized carbons (Fsp3) is 0.407. The van der Waals surface area contributed by atoms with E-state index in [0.717, 1.165) is 11.1 Å². The number of hydrogen-bond acceptors (Lipinski definition) is 8. The topological polar surface area (TPSA) is 168 Å². The highest BCUT2D eigenvalue weighted by molar-refractivity contribution is 6.18. The highest BCUT2D eigenvalue weighted by Crippen LogP contribution is 2.42. The number of ether oxygens (including phenoxy) is 1. The van der Waals surface area contributed by atoms with Crippen LogP contribution in [0.5, 0.6) is 0 Å². The number of alkyl halides is 1. The molecule has 0 unspecified atom stereocenters. The molecule has 3 heterocycles. The molecule has 0 bridgehead atoms. The molecular weight excluding hydrogens is 536 g/mol. The van der Waals surface area contributed by atoms with E-state index in [9.17, 15) is 14.4 Å². The average Bonchev–Trinajstić information content (AvgIpc) is 3.40. The monoisotopic (exact) mass is 566 g/mol. The van der Waals surface area contributed by atoms with Gasteiger partial charge in [-0.3, -0.25) is 14.7 Å². The Morgan fingerprint density at radius 1 is 1.18 bits per heavy atom. The quantitative estimate of drug-likeness (QED) is 0.330. The summed E-state index contributed by atoms with van der Waals surface area (Å²) in [5, 5.41) is 13.0. The Morgan fingerprint density at radius 2 is 1.90 bits per heavy atom. The van der Waals surface area contributed by atoms with Gasteiger partial charge in [-0.15, -0.1) is 11.6 Å². The highest BCUT2D eigenvalue weighted by Gasteiger charge is 2.38. The third-order valence-electron chi connectivity index (χ3n) is 7.21. The van der Waals surface area contributed by atoms with Gasteiger partial charge in [-0.25, -0.2) is 14.8 Å². The highest BCUT2D eigenvalue weighted by atomic mass is 35.5. The third kappa shape index (κ3) is 5.57. The van der Waals surface area contributed by atoms with Crippen LogP contribution in [0.1, 0.15) is 58.7 Å². The number of nitrogens with zero attached hydrogens (tertiary/aromatic N) is 4. The molecule has 210 valence electrons. The standard InChI is InChI=1S/C27H31ClN8O4/c1-27(2)13-16-14-30-25(29)33-20(16)21-19(27)22(35-34-21)23(37)31-17-5-3-15(4-6-17)24(38)36-10-7-18(8-11-36)32-26(39)40-12-9-28/h3-6,14,18H,7-13H2,1-2H3,(H,31,37)(H,32,39)(H,34,35)(H2,29,30,33). The molecule has 1 aliphatic carbocycles. The molecule has 3 aromatic rings. The number of rotatable bonds is 6. The van der Waals surface area contributed by atoms with Crippen molar-refractivity contribution >= 4 is 41.1 Å². The molecule has 0 spiro atoms. The van der Waals surface area contributed by atoms with Crippen molar-refractivity contribution in [2.24, 2.45) is 0 Å². The van der Waals surface area contributed by atoms with Crippen LogP contribution in [0.3, 0.4) is 0 Å². The molecule has 1 aliphatic heterocycles. The number of carbonyl (C=O) groups excluding carboxylic acids is 3. The number of likely N-dealkylation sites (tertiary alicyclic amines) is 1. The molecule has 40 heavy (non-hydrogen) atoms. The molecule has 0 saturated carbocycles. The first kappa shape index (κ1) is 27.4. The van der Waals surface area contributed by atoms with Gasteiger partial charge in [0.15, 0.2) is 0 Å². The molecule has 5 rings (SSSR count). The molecule has 1 aromatic carbocycles. The predicted molar refractivity (Wildman–Crippen MR) is 149 cm³/mol. The Kier molecular flexibility index (Phi) is 7.61. The van der Waals surface area contributed by atoms with E-state index < -0.39 is 6.09 Å². The number of carbonyl (C=O) groups is 3. The van der Waals surface area contributed by atoms with Gasteiger partial charge in [0.1, 0.15) is 18.0 Å². The first-order chi connectivity index (χ1) is 19.2. The maximum absolute atomic E-state index is 13.3. The minimum Gasteiger partial charge on any atom is -0.448 e. The average molecular weight is 567 g/mol. The van der Waals surface area contributed by atoms with Gasteiger partial charge in [-0.05, 0) is 54.5 Å². The lowest BCUT2D eigenvalue weighted by Gasteiger charge is -2.32. The molecule has 3 amide bonds. The maximum atomic E-state index is 13.3. The number of nitrogens with two attached hydrogens (primary N) is 1. The Bertz CT molecular complexity index is 1430. The van der Waals surface area contributed by atoms with Crippen LogP contribution < -0.4 is 16.4 Å². The first-order valence-electron chi connectivity index (χ1n) is 13.1. The second kappa shape index (κ2) is 11.1. The van der Waals surface area contributed by atoms with Crippen molar-refractivity contribution < 1.29 is 19.1 Å². The summed E-state index contributed by atoms with van der Waals surface area (Å²) in [6.45, 7) is 5.27. The van der Waals surface area contributed by atoms with Crippen LogP contribution in [0.15, 0.2) is 30.5 Å². The van der Waals surface area contributed by atoms with Crippen LogP contribution in [-0.2, 0) is 16.6 Å². The largest absolute Gasteiger partial charge is 0.448 e. The fourth-order valence-electron chi connectivity index (χ4n) is 5.29. The summed E-state index contributed by atoms with van der Waals surface area (Å²) in [6.07, 6.45) is 3.11. The number of anilines is 2. The lowest BCUT2D eigenvalue weighted by molar-refractivity contribution is 0.0702. The maximum Gasteiger partial charge on any atom is 0.407 e. The molecule has 2 aromatic heterocycles. The molecule has 1 fully saturated rings. The van der Waals surface area contributed by atoms with Gasteiger partial charge in [-0.1, -0.05) is 13.8 Å². The molecule has 12 nitrogen and oxygen atoms in total. The summed E-state index contributed by atoms with van der Waals surface area (Å²) >= 11 is 5.53. The number of amides is 3. The van der Waals surface area contributed by atoms with E-state index in [4.69, 9.17) is 22.1 Å². The lowest BCUT2D eigenvalue weighted by atomic mass is 9.73. The molecule has 2 aliphatic rings. The Hall–Kier alpha value is -4.19. The van der Waals surface area contributed by atoms with Gasteiger partial charge in [0.2, 0.25) is 5.95 Å². The van der Waals surface area contributed by atoms with Crippen molar-refractivity contribution in [3.05, 3.63) is 52.8 Å². The van der Waals surface area contributed by atoms with Crippen LogP contribution in [0.25, 0.3) is 11.4 Å². The zero-order valence-electron chi connectivity index (χ0n) is 22.3. The molecule has 1 saturated heterocycles. The minimum absolute atomic E-state index is 0.0547. The van der Waals surface area contributed by atoms with E-state index in [0.29, 0.717) is 60.7 Å². The lowest BCUT2D eigenvalue weighted by Crippen LogP contribution is -2.46. The zero-order valence-corrected chi connectivity index (χ0v) is 23.0. The molecular formula is C27H31ClN8O4. The Morgan fingerprint density at radius 3 is 2.60 bits per heavy atom. The number of piperidine rings is 1. The van der Waals surface area contributed by atoms with Gasteiger partial charge in [0.25, 0.3) is 11.8 Å². The third-order valence-corrected chi connectivity index (χ3v) is 7.37. The van der Waals surface area contributed by atoms with Crippen LogP contribution in [-0.4, -0.2) is 74.6 Å².